The summed E-state index contributed by atoms with van der Waals surface area (Å²) in [4.78, 5) is 5.08. The molecule has 2 rings (SSSR count). The lowest BCUT2D eigenvalue weighted by molar-refractivity contribution is 0.208. The Bertz CT molecular complexity index is 212. The van der Waals surface area contributed by atoms with E-state index in [2.05, 4.69) is 29.1 Å². The van der Waals surface area contributed by atoms with Crippen LogP contribution in [0.3, 0.4) is 0 Å². The zero-order chi connectivity index (χ0) is 12.1. The molecule has 17 heavy (non-hydrogen) atoms. The topological polar surface area (TPSA) is 18.5 Å². The van der Waals surface area contributed by atoms with Crippen molar-refractivity contribution in [1.82, 2.24) is 15.1 Å². The molecule has 3 nitrogen and oxygen atoms in total. The molecule has 2 aliphatic heterocycles. The first-order chi connectivity index (χ1) is 8.29. The normalized spacial score (nSPS) is 28.9. The molecule has 100 valence electrons. The van der Waals surface area contributed by atoms with E-state index >= 15 is 0 Å². The van der Waals surface area contributed by atoms with Gasteiger partial charge in [0.15, 0.2) is 0 Å². The molecule has 3 heteroatoms. The van der Waals surface area contributed by atoms with Crippen LogP contribution in [-0.2, 0) is 0 Å². The predicted molar refractivity (Wildman–Crippen MR) is 73.4 cm³/mol. The molecule has 0 saturated carbocycles. The van der Waals surface area contributed by atoms with Crippen molar-refractivity contribution in [2.24, 2.45) is 5.92 Å². The maximum atomic E-state index is 3.72. The highest BCUT2D eigenvalue weighted by Gasteiger charge is 2.23. The van der Waals surface area contributed by atoms with Crippen LogP contribution in [0, 0.1) is 5.92 Å². The summed E-state index contributed by atoms with van der Waals surface area (Å²) in [7, 11) is 2.24. The van der Waals surface area contributed by atoms with E-state index in [1.54, 1.807) is 0 Å². The first-order valence-corrected chi connectivity index (χ1v) is 7.43. The van der Waals surface area contributed by atoms with Crippen LogP contribution in [-0.4, -0.2) is 62.2 Å². The summed E-state index contributed by atoms with van der Waals surface area (Å²) in [6, 6.07) is 0.811. The summed E-state index contributed by atoms with van der Waals surface area (Å²) < 4.78 is 0. The van der Waals surface area contributed by atoms with Gasteiger partial charge < -0.3 is 10.2 Å². The number of nitrogens with zero attached hydrogens (tertiary/aromatic N) is 2. The highest BCUT2D eigenvalue weighted by molar-refractivity contribution is 4.81. The van der Waals surface area contributed by atoms with Crippen molar-refractivity contribution in [3.05, 3.63) is 0 Å². The first kappa shape index (κ1) is 13.3. The van der Waals surface area contributed by atoms with Crippen molar-refractivity contribution in [1.29, 1.82) is 0 Å². The van der Waals surface area contributed by atoms with Gasteiger partial charge in [0, 0.05) is 12.6 Å². The molecule has 0 aromatic carbocycles. The van der Waals surface area contributed by atoms with Gasteiger partial charge in [-0.1, -0.05) is 6.92 Å². The lowest BCUT2D eigenvalue weighted by Crippen LogP contribution is -2.41. The van der Waals surface area contributed by atoms with Crippen molar-refractivity contribution in [2.45, 2.75) is 38.6 Å². The Morgan fingerprint density at radius 2 is 1.82 bits per heavy atom. The summed E-state index contributed by atoms with van der Waals surface area (Å²) in [6.07, 6.45) is 5.56. The molecule has 2 aliphatic rings. The van der Waals surface area contributed by atoms with Gasteiger partial charge in [-0.2, -0.15) is 0 Å². The summed E-state index contributed by atoms with van der Waals surface area (Å²) in [5.41, 5.74) is 0. The van der Waals surface area contributed by atoms with E-state index in [1.165, 1.54) is 65.0 Å². The Morgan fingerprint density at radius 1 is 1.06 bits per heavy atom. The number of rotatable bonds is 5. The van der Waals surface area contributed by atoms with E-state index in [9.17, 15) is 0 Å². The first-order valence-electron chi connectivity index (χ1n) is 7.43. The predicted octanol–water partition coefficient (Wildman–Crippen LogP) is 1.40. The van der Waals surface area contributed by atoms with Crippen LogP contribution in [0.2, 0.25) is 0 Å². The molecule has 0 aliphatic carbocycles. The SMILES string of the molecule is CCN1CCCC1CNCC1CCN(C)CC1. The van der Waals surface area contributed by atoms with Gasteiger partial charge in [-0.25, -0.2) is 0 Å². The second kappa shape index (κ2) is 6.72. The van der Waals surface area contributed by atoms with E-state index in [1.807, 2.05) is 0 Å². The zero-order valence-electron chi connectivity index (χ0n) is 11.6. The van der Waals surface area contributed by atoms with Gasteiger partial charge in [0.05, 0.1) is 0 Å². The third kappa shape index (κ3) is 3.94. The highest BCUT2D eigenvalue weighted by Crippen LogP contribution is 2.17. The standard InChI is InChI=1S/C14H29N3/c1-3-17-8-4-5-14(17)12-15-11-13-6-9-16(2)10-7-13/h13-15H,3-12H2,1-2H3. The highest BCUT2D eigenvalue weighted by atomic mass is 15.2. The smallest absolute Gasteiger partial charge is 0.0220 e. The summed E-state index contributed by atoms with van der Waals surface area (Å²) in [6.45, 7) is 9.85. The lowest BCUT2D eigenvalue weighted by Gasteiger charge is -2.30. The van der Waals surface area contributed by atoms with E-state index in [0.717, 1.165) is 12.0 Å². The minimum atomic E-state index is 0.811. The maximum Gasteiger partial charge on any atom is 0.0220 e. The van der Waals surface area contributed by atoms with Gasteiger partial charge >= 0.3 is 0 Å². The Hall–Kier alpha value is -0.120. The molecule has 0 spiro atoms. The van der Waals surface area contributed by atoms with Gasteiger partial charge in [0.1, 0.15) is 0 Å². The van der Waals surface area contributed by atoms with Gasteiger partial charge in [-0.15, -0.1) is 0 Å². The van der Waals surface area contributed by atoms with Gasteiger partial charge in [-0.05, 0) is 71.4 Å². The molecular formula is C14H29N3. The largest absolute Gasteiger partial charge is 0.315 e. The minimum absolute atomic E-state index is 0.811. The van der Waals surface area contributed by atoms with Crippen molar-refractivity contribution in [3.8, 4) is 0 Å². The number of piperidine rings is 1. The van der Waals surface area contributed by atoms with Gasteiger partial charge in [-0.3, -0.25) is 4.90 Å². The Balaban J connectivity index is 1.59. The summed E-state index contributed by atoms with van der Waals surface area (Å²) in [5, 5.41) is 3.72. The van der Waals surface area contributed by atoms with Crippen molar-refractivity contribution < 1.29 is 0 Å². The second-order valence-electron chi connectivity index (χ2n) is 5.83. The molecule has 2 heterocycles. The molecule has 0 radical (unpaired) electrons. The average molecular weight is 239 g/mol. The quantitative estimate of drug-likeness (QED) is 0.782. The molecule has 2 fully saturated rings. The number of likely N-dealkylation sites (tertiary alicyclic amines) is 2. The van der Waals surface area contributed by atoms with Crippen LogP contribution in [0.5, 0.6) is 0 Å². The zero-order valence-corrected chi connectivity index (χ0v) is 11.6. The Labute approximate surface area is 107 Å². The number of hydrogen-bond donors (Lipinski definition) is 1. The molecular weight excluding hydrogens is 210 g/mol. The molecule has 0 amide bonds. The second-order valence-corrected chi connectivity index (χ2v) is 5.83. The molecule has 1 unspecified atom stereocenters. The van der Waals surface area contributed by atoms with Gasteiger partial charge in [0.2, 0.25) is 0 Å². The third-order valence-electron chi connectivity index (χ3n) is 4.56. The number of hydrogen-bond acceptors (Lipinski definition) is 3. The molecule has 0 aromatic rings. The molecule has 0 bridgehead atoms. The third-order valence-corrected chi connectivity index (χ3v) is 4.56. The van der Waals surface area contributed by atoms with Crippen LogP contribution >= 0.6 is 0 Å². The monoisotopic (exact) mass is 239 g/mol. The van der Waals surface area contributed by atoms with Crippen LogP contribution < -0.4 is 5.32 Å². The molecule has 1 N–H and O–H groups in total. The van der Waals surface area contributed by atoms with E-state index in [4.69, 9.17) is 0 Å². The summed E-state index contributed by atoms with van der Waals surface area (Å²) >= 11 is 0. The van der Waals surface area contributed by atoms with Crippen LogP contribution in [0.4, 0.5) is 0 Å². The molecule has 0 aromatic heterocycles. The average Bonchev–Trinajstić information content (AvgIpc) is 2.79. The van der Waals surface area contributed by atoms with E-state index in [0.29, 0.717) is 0 Å². The van der Waals surface area contributed by atoms with Gasteiger partial charge in [0.25, 0.3) is 0 Å². The van der Waals surface area contributed by atoms with Crippen molar-refractivity contribution in [3.63, 3.8) is 0 Å². The fraction of sp³-hybridized carbons (Fsp3) is 1.00. The summed E-state index contributed by atoms with van der Waals surface area (Å²) in [5.74, 6) is 0.919. The number of likely N-dealkylation sites (N-methyl/N-ethyl adjacent to an activating group) is 1. The fourth-order valence-electron chi connectivity index (χ4n) is 3.26. The van der Waals surface area contributed by atoms with Crippen LogP contribution in [0.15, 0.2) is 0 Å². The van der Waals surface area contributed by atoms with Crippen molar-refractivity contribution >= 4 is 0 Å². The van der Waals surface area contributed by atoms with E-state index in [-0.39, 0.29) is 0 Å². The Morgan fingerprint density at radius 3 is 2.53 bits per heavy atom. The van der Waals surface area contributed by atoms with E-state index < -0.39 is 0 Å². The fourth-order valence-corrected chi connectivity index (χ4v) is 3.26. The molecule has 1 atom stereocenters. The Kier molecular flexibility index (Phi) is 5.26. The maximum absolute atomic E-state index is 3.72. The lowest BCUT2D eigenvalue weighted by atomic mass is 9.97. The van der Waals surface area contributed by atoms with Crippen molar-refractivity contribution in [2.75, 3.05) is 46.3 Å². The van der Waals surface area contributed by atoms with Crippen LogP contribution in [0.1, 0.15) is 32.6 Å². The number of nitrogens with one attached hydrogen (secondary N) is 1. The minimum Gasteiger partial charge on any atom is -0.315 e. The molecule has 2 saturated heterocycles. The van der Waals surface area contributed by atoms with Crippen LogP contribution in [0.25, 0.3) is 0 Å².